The summed E-state index contributed by atoms with van der Waals surface area (Å²) in [6.07, 6.45) is 5.60. The fourth-order valence-corrected chi connectivity index (χ4v) is 3.31. The molecular weight excluding hydrogens is 316 g/mol. The standard InChI is InChI=1S/C18H22N6O/c1-12-9-14(25-2)3-4-16(12)23-17-15-10-22-24(18(15)21-11-20-17)13-5-7-19-8-6-13/h3-4,9-11,13,19H,5-8H2,1-2H3,(H,20,21,23). The Morgan fingerprint density at radius 2 is 2.08 bits per heavy atom. The number of rotatable bonds is 4. The van der Waals surface area contributed by atoms with Gasteiger partial charge < -0.3 is 15.4 Å². The van der Waals surface area contributed by atoms with Crippen LogP contribution in [0.5, 0.6) is 5.75 Å². The molecule has 25 heavy (non-hydrogen) atoms. The first kappa shape index (κ1) is 15.8. The van der Waals surface area contributed by atoms with E-state index in [-0.39, 0.29) is 0 Å². The second kappa shape index (κ2) is 6.68. The maximum atomic E-state index is 5.27. The molecule has 1 saturated heterocycles. The van der Waals surface area contributed by atoms with Gasteiger partial charge in [0.25, 0.3) is 0 Å². The molecule has 0 aliphatic carbocycles. The number of anilines is 2. The zero-order chi connectivity index (χ0) is 17.2. The molecule has 7 nitrogen and oxygen atoms in total. The van der Waals surface area contributed by atoms with Gasteiger partial charge in [-0.15, -0.1) is 0 Å². The van der Waals surface area contributed by atoms with Crippen LogP contribution >= 0.6 is 0 Å². The molecule has 1 aliphatic rings. The Bertz CT molecular complexity index is 884. The van der Waals surface area contributed by atoms with Gasteiger partial charge in [-0.3, -0.25) is 0 Å². The zero-order valence-electron chi connectivity index (χ0n) is 14.5. The molecule has 130 valence electrons. The number of ether oxygens (including phenoxy) is 1. The topological polar surface area (TPSA) is 76.9 Å². The van der Waals surface area contributed by atoms with Crippen LogP contribution in [0.2, 0.25) is 0 Å². The molecule has 0 atom stereocenters. The minimum absolute atomic E-state index is 0.393. The third kappa shape index (κ3) is 3.02. The Balaban J connectivity index is 1.67. The van der Waals surface area contributed by atoms with Crippen LogP contribution in [0, 0.1) is 6.92 Å². The van der Waals surface area contributed by atoms with Crippen molar-refractivity contribution in [3.63, 3.8) is 0 Å². The molecule has 7 heteroatoms. The number of aryl methyl sites for hydroxylation is 1. The molecule has 3 heterocycles. The van der Waals surface area contributed by atoms with Gasteiger partial charge in [0, 0.05) is 5.69 Å². The van der Waals surface area contributed by atoms with Crippen LogP contribution in [0.1, 0.15) is 24.4 Å². The van der Waals surface area contributed by atoms with E-state index in [1.807, 2.05) is 36.0 Å². The van der Waals surface area contributed by atoms with E-state index in [0.29, 0.717) is 6.04 Å². The number of fused-ring (bicyclic) bond motifs is 1. The van der Waals surface area contributed by atoms with E-state index in [9.17, 15) is 0 Å². The summed E-state index contributed by atoms with van der Waals surface area (Å²) in [4.78, 5) is 8.90. The Labute approximate surface area is 146 Å². The van der Waals surface area contributed by atoms with Gasteiger partial charge in [0.1, 0.15) is 17.9 Å². The Kier molecular flexibility index (Phi) is 4.23. The summed E-state index contributed by atoms with van der Waals surface area (Å²) < 4.78 is 7.31. The molecule has 0 amide bonds. The molecule has 2 aromatic heterocycles. The number of piperidine rings is 1. The SMILES string of the molecule is COc1ccc(Nc2ncnc3c2cnn3C2CCNCC2)c(C)c1. The Hall–Kier alpha value is -2.67. The number of hydrogen-bond donors (Lipinski definition) is 2. The summed E-state index contributed by atoms with van der Waals surface area (Å²) in [6.45, 7) is 4.09. The van der Waals surface area contributed by atoms with Gasteiger partial charge in [0.15, 0.2) is 5.65 Å². The monoisotopic (exact) mass is 338 g/mol. The van der Waals surface area contributed by atoms with Gasteiger partial charge in [0.05, 0.1) is 24.7 Å². The molecule has 0 bridgehead atoms. The van der Waals surface area contributed by atoms with E-state index < -0.39 is 0 Å². The number of benzene rings is 1. The van der Waals surface area contributed by atoms with E-state index in [1.165, 1.54) is 0 Å². The molecule has 1 aromatic carbocycles. The van der Waals surface area contributed by atoms with Crippen molar-refractivity contribution in [2.24, 2.45) is 0 Å². The van der Waals surface area contributed by atoms with Gasteiger partial charge in [-0.05, 0) is 56.6 Å². The maximum absolute atomic E-state index is 5.27. The van der Waals surface area contributed by atoms with Gasteiger partial charge in [-0.25, -0.2) is 14.6 Å². The molecule has 2 N–H and O–H groups in total. The molecule has 4 rings (SSSR count). The summed E-state index contributed by atoms with van der Waals surface area (Å²) in [5.41, 5.74) is 2.97. The molecule has 0 unspecified atom stereocenters. The van der Waals surface area contributed by atoms with E-state index in [0.717, 1.165) is 59.8 Å². The van der Waals surface area contributed by atoms with Crippen molar-refractivity contribution in [3.8, 4) is 5.75 Å². The lowest BCUT2D eigenvalue weighted by molar-refractivity contribution is 0.349. The van der Waals surface area contributed by atoms with E-state index >= 15 is 0 Å². The fraction of sp³-hybridized carbons (Fsp3) is 0.389. The largest absolute Gasteiger partial charge is 0.497 e. The van der Waals surface area contributed by atoms with Crippen LogP contribution < -0.4 is 15.4 Å². The summed E-state index contributed by atoms with van der Waals surface area (Å²) in [5, 5.41) is 12.3. The minimum atomic E-state index is 0.393. The number of methoxy groups -OCH3 is 1. The average Bonchev–Trinajstić information content (AvgIpc) is 3.09. The predicted molar refractivity (Wildman–Crippen MR) is 97.5 cm³/mol. The smallest absolute Gasteiger partial charge is 0.163 e. The lowest BCUT2D eigenvalue weighted by Crippen LogP contribution is -2.29. The third-order valence-electron chi connectivity index (χ3n) is 4.73. The van der Waals surface area contributed by atoms with Crippen molar-refractivity contribution < 1.29 is 4.74 Å². The van der Waals surface area contributed by atoms with E-state index in [4.69, 9.17) is 4.74 Å². The quantitative estimate of drug-likeness (QED) is 0.762. The zero-order valence-corrected chi connectivity index (χ0v) is 14.5. The van der Waals surface area contributed by atoms with Gasteiger partial charge in [-0.2, -0.15) is 5.10 Å². The highest BCUT2D eigenvalue weighted by atomic mass is 16.5. The van der Waals surface area contributed by atoms with Crippen molar-refractivity contribution in [2.75, 3.05) is 25.5 Å². The van der Waals surface area contributed by atoms with Crippen LogP contribution in [0.25, 0.3) is 11.0 Å². The van der Waals surface area contributed by atoms with Crippen LogP contribution in [-0.4, -0.2) is 39.9 Å². The lowest BCUT2D eigenvalue weighted by atomic mass is 10.1. The first-order chi connectivity index (χ1) is 12.3. The fourth-order valence-electron chi connectivity index (χ4n) is 3.31. The van der Waals surface area contributed by atoms with E-state index in [1.54, 1.807) is 13.4 Å². The van der Waals surface area contributed by atoms with Crippen LogP contribution in [0.3, 0.4) is 0 Å². The molecule has 3 aromatic rings. The number of nitrogens with one attached hydrogen (secondary N) is 2. The molecular formula is C18H22N6O. The number of hydrogen-bond acceptors (Lipinski definition) is 6. The average molecular weight is 338 g/mol. The first-order valence-electron chi connectivity index (χ1n) is 8.57. The Morgan fingerprint density at radius 3 is 2.84 bits per heavy atom. The Morgan fingerprint density at radius 1 is 1.24 bits per heavy atom. The van der Waals surface area contributed by atoms with Crippen molar-refractivity contribution in [2.45, 2.75) is 25.8 Å². The van der Waals surface area contributed by atoms with Gasteiger partial charge in [0.2, 0.25) is 0 Å². The highest BCUT2D eigenvalue weighted by Crippen LogP contribution is 2.29. The molecule has 0 saturated carbocycles. The van der Waals surface area contributed by atoms with Crippen LogP contribution in [-0.2, 0) is 0 Å². The van der Waals surface area contributed by atoms with Crippen LogP contribution in [0.15, 0.2) is 30.7 Å². The minimum Gasteiger partial charge on any atom is -0.497 e. The number of nitrogens with zero attached hydrogens (tertiary/aromatic N) is 4. The number of aromatic nitrogens is 4. The molecule has 1 aliphatic heterocycles. The lowest BCUT2D eigenvalue weighted by Gasteiger charge is -2.23. The molecule has 0 radical (unpaired) electrons. The van der Waals surface area contributed by atoms with Crippen molar-refractivity contribution in [1.29, 1.82) is 0 Å². The highest BCUT2D eigenvalue weighted by molar-refractivity contribution is 5.88. The summed E-state index contributed by atoms with van der Waals surface area (Å²) in [6, 6.07) is 6.33. The second-order valence-corrected chi connectivity index (χ2v) is 6.34. The third-order valence-corrected chi connectivity index (χ3v) is 4.73. The van der Waals surface area contributed by atoms with Crippen molar-refractivity contribution in [3.05, 3.63) is 36.3 Å². The molecule has 0 spiro atoms. The van der Waals surface area contributed by atoms with Gasteiger partial charge in [-0.1, -0.05) is 0 Å². The summed E-state index contributed by atoms with van der Waals surface area (Å²) in [5.74, 6) is 1.62. The normalized spacial score (nSPS) is 15.4. The summed E-state index contributed by atoms with van der Waals surface area (Å²) in [7, 11) is 1.67. The van der Waals surface area contributed by atoms with Crippen molar-refractivity contribution >= 4 is 22.5 Å². The second-order valence-electron chi connectivity index (χ2n) is 6.34. The predicted octanol–water partition coefficient (Wildman–Crippen LogP) is 2.81. The highest BCUT2D eigenvalue weighted by Gasteiger charge is 2.19. The van der Waals surface area contributed by atoms with Crippen molar-refractivity contribution in [1.82, 2.24) is 25.1 Å². The van der Waals surface area contributed by atoms with Crippen LogP contribution in [0.4, 0.5) is 11.5 Å². The van der Waals surface area contributed by atoms with Gasteiger partial charge >= 0.3 is 0 Å². The molecule has 1 fully saturated rings. The maximum Gasteiger partial charge on any atom is 0.163 e. The summed E-state index contributed by atoms with van der Waals surface area (Å²) >= 11 is 0. The van der Waals surface area contributed by atoms with E-state index in [2.05, 4.69) is 25.7 Å². The first-order valence-corrected chi connectivity index (χ1v) is 8.57.